The van der Waals surface area contributed by atoms with E-state index in [1.807, 2.05) is 20.8 Å². The number of anilines is 1. The normalized spacial score (nSPS) is 11.9. The smallest absolute Gasteiger partial charge is 0.227 e. The average Bonchev–Trinajstić information content (AvgIpc) is 2.29. The van der Waals surface area contributed by atoms with Crippen molar-refractivity contribution in [2.24, 2.45) is 11.8 Å². The van der Waals surface area contributed by atoms with Crippen LogP contribution in [0.1, 0.15) is 32.8 Å². The number of nitrogens with one attached hydrogen (secondary N) is 1. The lowest BCUT2D eigenvalue weighted by atomic mass is 9.92. The Labute approximate surface area is 102 Å². The number of amides is 1. The Morgan fingerprint density at radius 3 is 2.71 bits per heavy atom. The highest BCUT2D eigenvalue weighted by Gasteiger charge is 2.19. The van der Waals surface area contributed by atoms with Crippen LogP contribution in [0.15, 0.2) is 24.3 Å². The second-order valence-corrected chi connectivity index (χ2v) is 4.44. The molecular weight excluding hydrogens is 212 g/mol. The van der Waals surface area contributed by atoms with Gasteiger partial charge in [0.05, 0.1) is 11.6 Å². The number of carbonyl (C=O) groups is 1. The van der Waals surface area contributed by atoms with Gasteiger partial charge in [-0.1, -0.05) is 26.8 Å². The summed E-state index contributed by atoms with van der Waals surface area (Å²) in [6, 6.07) is 9.02. The van der Waals surface area contributed by atoms with Gasteiger partial charge in [-0.3, -0.25) is 4.79 Å². The lowest BCUT2D eigenvalue weighted by Crippen LogP contribution is -2.26. The third kappa shape index (κ3) is 3.60. The molecule has 90 valence electrons. The summed E-state index contributed by atoms with van der Waals surface area (Å²) in [6.45, 7) is 6.09. The summed E-state index contributed by atoms with van der Waals surface area (Å²) in [5, 5.41) is 11.6. The van der Waals surface area contributed by atoms with Crippen LogP contribution in [-0.4, -0.2) is 5.91 Å². The largest absolute Gasteiger partial charge is 0.326 e. The standard InChI is InChI=1S/C14H18N2O/c1-4-13(10(2)3)14(17)16-12-7-5-6-11(8-12)9-15/h5-8,10,13H,4H2,1-3H3,(H,16,17). The third-order valence-corrected chi connectivity index (χ3v) is 2.84. The monoisotopic (exact) mass is 230 g/mol. The van der Waals surface area contributed by atoms with Crippen LogP contribution < -0.4 is 5.32 Å². The number of hydrogen-bond donors (Lipinski definition) is 1. The van der Waals surface area contributed by atoms with Crippen LogP contribution in [0.25, 0.3) is 0 Å². The zero-order chi connectivity index (χ0) is 12.8. The van der Waals surface area contributed by atoms with Gasteiger partial charge in [0.1, 0.15) is 0 Å². The first-order chi connectivity index (χ1) is 8.08. The van der Waals surface area contributed by atoms with Gasteiger partial charge in [-0.15, -0.1) is 0 Å². The predicted molar refractivity (Wildman–Crippen MR) is 68.4 cm³/mol. The molecular formula is C14H18N2O. The maximum atomic E-state index is 12.0. The molecule has 0 fully saturated rings. The van der Waals surface area contributed by atoms with E-state index in [4.69, 9.17) is 5.26 Å². The van der Waals surface area contributed by atoms with Crippen LogP contribution in [0.2, 0.25) is 0 Å². The topological polar surface area (TPSA) is 52.9 Å². The molecule has 17 heavy (non-hydrogen) atoms. The van der Waals surface area contributed by atoms with Crippen molar-refractivity contribution >= 4 is 11.6 Å². The van der Waals surface area contributed by atoms with Crippen LogP contribution in [-0.2, 0) is 4.79 Å². The Morgan fingerprint density at radius 2 is 2.18 bits per heavy atom. The van der Waals surface area contributed by atoms with E-state index in [2.05, 4.69) is 11.4 Å². The minimum absolute atomic E-state index is 0.0146. The Kier molecular flexibility index (Phi) is 4.71. The fourth-order valence-corrected chi connectivity index (χ4v) is 1.86. The van der Waals surface area contributed by atoms with Crippen molar-refractivity contribution in [3.05, 3.63) is 29.8 Å². The van der Waals surface area contributed by atoms with E-state index in [9.17, 15) is 4.79 Å². The number of nitrogens with zero attached hydrogens (tertiary/aromatic N) is 1. The summed E-state index contributed by atoms with van der Waals surface area (Å²) >= 11 is 0. The van der Waals surface area contributed by atoms with Gasteiger partial charge in [0.25, 0.3) is 0 Å². The molecule has 1 amide bonds. The van der Waals surface area contributed by atoms with Gasteiger partial charge in [0.15, 0.2) is 0 Å². The Hall–Kier alpha value is -1.82. The van der Waals surface area contributed by atoms with Crippen LogP contribution in [0.5, 0.6) is 0 Å². The van der Waals surface area contributed by atoms with Gasteiger partial charge >= 0.3 is 0 Å². The second kappa shape index (κ2) is 6.05. The predicted octanol–water partition coefficient (Wildman–Crippen LogP) is 3.18. The fourth-order valence-electron chi connectivity index (χ4n) is 1.86. The summed E-state index contributed by atoms with van der Waals surface area (Å²) in [4.78, 5) is 12.0. The van der Waals surface area contributed by atoms with E-state index < -0.39 is 0 Å². The fraction of sp³-hybridized carbons (Fsp3) is 0.429. The van der Waals surface area contributed by atoms with Crippen molar-refractivity contribution in [1.82, 2.24) is 0 Å². The van der Waals surface area contributed by atoms with Crippen molar-refractivity contribution in [3.8, 4) is 6.07 Å². The molecule has 0 aliphatic heterocycles. The molecule has 0 saturated carbocycles. The van der Waals surface area contributed by atoms with E-state index in [0.29, 0.717) is 17.2 Å². The molecule has 1 unspecified atom stereocenters. The first-order valence-electron chi connectivity index (χ1n) is 5.89. The minimum Gasteiger partial charge on any atom is -0.326 e. The molecule has 3 nitrogen and oxygen atoms in total. The molecule has 0 spiro atoms. The molecule has 0 aliphatic carbocycles. The summed E-state index contributed by atoms with van der Waals surface area (Å²) in [5.74, 6) is 0.359. The van der Waals surface area contributed by atoms with Crippen molar-refractivity contribution < 1.29 is 4.79 Å². The summed E-state index contributed by atoms with van der Waals surface area (Å²) < 4.78 is 0. The highest BCUT2D eigenvalue weighted by molar-refractivity contribution is 5.92. The van der Waals surface area contributed by atoms with Crippen molar-refractivity contribution in [3.63, 3.8) is 0 Å². The summed E-state index contributed by atoms with van der Waals surface area (Å²) in [5.41, 5.74) is 1.24. The number of carbonyl (C=O) groups excluding carboxylic acids is 1. The molecule has 0 bridgehead atoms. The Balaban J connectivity index is 2.77. The molecule has 0 heterocycles. The van der Waals surface area contributed by atoms with Crippen molar-refractivity contribution in [1.29, 1.82) is 5.26 Å². The van der Waals surface area contributed by atoms with Gasteiger partial charge in [0, 0.05) is 11.6 Å². The molecule has 0 radical (unpaired) electrons. The van der Waals surface area contributed by atoms with Crippen LogP contribution >= 0.6 is 0 Å². The van der Waals surface area contributed by atoms with E-state index in [1.54, 1.807) is 24.3 Å². The van der Waals surface area contributed by atoms with E-state index in [1.165, 1.54) is 0 Å². The highest BCUT2D eigenvalue weighted by Crippen LogP contribution is 2.18. The Bertz CT molecular complexity index is 432. The van der Waals surface area contributed by atoms with E-state index in [-0.39, 0.29) is 11.8 Å². The maximum Gasteiger partial charge on any atom is 0.227 e. The molecule has 1 aromatic carbocycles. The minimum atomic E-state index is 0.0146. The summed E-state index contributed by atoms with van der Waals surface area (Å²) in [6.07, 6.45) is 0.821. The second-order valence-electron chi connectivity index (χ2n) is 4.44. The molecule has 3 heteroatoms. The van der Waals surface area contributed by atoms with Gasteiger partial charge < -0.3 is 5.32 Å². The van der Waals surface area contributed by atoms with Gasteiger partial charge in [-0.05, 0) is 30.5 Å². The molecule has 1 N–H and O–H groups in total. The molecule has 0 aliphatic rings. The van der Waals surface area contributed by atoms with Crippen molar-refractivity contribution in [2.75, 3.05) is 5.32 Å². The van der Waals surface area contributed by atoms with E-state index >= 15 is 0 Å². The lowest BCUT2D eigenvalue weighted by Gasteiger charge is -2.18. The molecule has 1 aromatic rings. The molecule has 1 rings (SSSR count). The highest BCUT2D eigenvalue weighted by atomic mass is 16.1. The number of hydrogen-bond acceptors (Lipinski definition) is 2. The van der Waals surface area contributed by atoms with Crippen LogP contribution in [0.3, 0.4) is 0 Å². The van der Waals surface area contributed by atoms with E-state index in [0.717, 1.165) is 6.42 Å². The van der Waals surface area contributed by atoms with Gasteiger partial charge in [-0.2, -0.15) is 5.26 Å². The number of benzene rings is 1. The summed E-state index contributed by atoms with van der Waals surface area (Å²) in [7, 11) is 0. The quantitative estimate of drug-likeness (QED) is 0.863. The molecule has 0 aromatic heterocycles. The third-order valence-electron chi connectivity index (χ3n) is 2.84. The zero-order valence-electron chi connectivity index (χ0n) is 10.5. The SMILES string of the molecule is CCC(C(=O)Nc1cccc(C#N)c1)C(C)C. The van der Waals surface area contributed by atoms with Gasteiger partial charge in [-0.25, -0.2) is 0 Å². The zero-order valence-corrected chi connectivity index (χ0v) is 10.5. The van der Waals surface area contributed by atoms with Crippen molar-refractivity contribution in [2.45, 2.75) is 27.2 Å². The number of rotatable bonds is 4. The maximum absolute atomic E-state index is 12.0. The number of nitriles is 1. The van der Waals surface area contributed by atoms with Crippen LogP contribution in [0, 0.1) is 23.2 Å². The molecule has 0 saturated heterocycles. The van der Waals surface area contributed by atoms with Crippen LogP contribution in [0.4, 0.5) is 5.69 Å². The first-order valence-corrected chi connectivity index (χ1v) is 5.89. The average molecular weight is 230 g/mol. The first kappa shape index (κ1) is 13.2. The lowest BCUT2D eigenvalue weighted by molar-refractivity contribution is -0.121. The van der Waals surface area contributed by atoms with Gasteiger partial charge in [0.2, 0.25) is 5.91 Å². The Morgan fingerprint density at radius 1 is 1.47 bits per heavy atom. The molecule has 1 atom stereocenters.